The van der Waals surface area contributed by atoms with E-state index < -0.39 is 5.91 Å². The number of fused-ring (bicyclic) bond motifs is 1. The van der Waals surface area contributed by atoms with Gasteiger partial charge in [-0.05, 0) is 29.5 Å². The van der Waals surface area contributed by atoms with Gasteiger partial charge in [0.25, 0.3) is 11.8 Å². The van der Waals surface area contributed by atoms with Gasteiger partial charge < -0.3 is 19.8 Å². The first-order valence-electron chi connectivity index (χ1n) is 10.7. The predicted octanol–water partition coefficient (Wildman–Crippen LogP) is 4.38. The molecule has 4 aromatic rings. The summed E-state index contributed by atoms with van der Waals surface area (Å²) in [5.41, 5.74) is 0.587. The number of nitrogens with zero attached hydrogens (tertiary/aromatic N) is 2. The molecule has 0 aliphatic carbocycles. The molecule has 2 aromatic heterocycles. The molecule has 0 atom stereocenters. The first kappa shape index (κ1) is 22.1. The Balaban J connectivity index is 1.42. The van der Waals surface area contributed by atoms with Gasteiger partial charge in [0.2, 0.25) is 0 Å². The number of amides is 2. The van der Waals surface area contributed by atoms with Crippen LogP contribution in [0.15, 0.2) is 65.2 Å². The average molecular weight is 447 g/mol. The van der Waals surface area contributed by atoms with Crippen LogP contribution in [0.4, 0.5) is 5.69 Å². The van der Waals surface area contributed by atoms with E-state index in [2.05, 4.69) is 15.7 Å². The second-order valence-corrected chi connectivity index (χ2v) is 8.12. The summed E-state index contributed by atoms with van der Waals surface area (Å²) in [6.45, 7) is 4.71. The van der Waals surface area contributed by atoms with E-state index >= 15 is 0 Å². The van der Waals surface area contributed by atoms with Crippen LogP contribution >= 0.6 is 0 Å². The van der Waals surface area contributed by atoms with E-state index in [1.807, 2.05) is 56.3 Å². The third kappa shape index (κ3) is 5.06. The molecule has 0 saturated carbocycles. The maximum Gasteiger partial charge on any atom is 0.291 e. The maximum absolute atomic E-state index is 12.7. The van der Waals surface area contributed by atoms with Gasteiger partial charge in [0.1, 0.15) is 23.8 Å². The summed E-state index contributed by atoms with van der Waals surface area (Å²) >= 11 is 0. The molecular formula is C25H26N4O4. The monoisotopic (exact) mass is 446 g/mol. The summed E-state index contributed by atoms with van der Waals surface area (Å²) in [5, 5.41) is 11.7. The van der Waals surface area contributed by atoms with Crippen LogP contribution in [-0.4, -0.2) is 28.1 Å². The molecular weight excluding hydrogens is 420 g/mol. The molecule has 8 nitrogen and oxygen atoms in total. The van der Waals surface area contributed by atoms with Gasteiger partial charge in [-0.2, -0.15) is 5.10 Å². The Bertz CT molecular complexity index is 1280. The van der Waals surface area contributed by atoms with Crippen LogP contribution in [0.1, 0.15) is 40.7 Å². The Labute approximate surface area is 191 Å². The van der Waals surface area contributed by atoms with E-state index in [1.54, 1.807) is 19.2 Å². The molecule has 0 bridgehead atoms. The van der Waals surface area contributed by atoms with Crippen LogP contribution in [0.25, 0.3) is 10.8 Å². The molecule has 0 aliphatic heterocycles. The summed E-state index contributed by atoms with van der Waals surface area (Å²) in [5.74, 6) is 0.888. The van der Waals surface area contributed by atoms with Crippen LogP contribution in [0.3, 0.4) is 0 Å². The quantitative estimate of drug-likeness (QED) is 0.418. The van der Waals surface area contributed by atoms with Crippen molar-refractivity contribution in [1.82, 2.24) is 15.1 Å². The highest BCUT2D eigenvalue weighted by Gasteiger charge is 2.20. The lowest BCUT2D eigenvalue weighted by molar-refractivity contribution is 0.0940. The van der Waals surface area contributed by atoms with Crippen molar-refractivity contribution in [3.05, 3.63) is 78.0 Å². The van der Waals surface area contributed by atoms with Crippen LogP contribution in [0, 0.1) is 5.92 Å². The van der Waals surface area contributed by atoms with Crippen molar-refractivity contribution in [3.63, 3.8) is 0 Å². The van der Waals surface area contributed by atoms with E-state index in [9.17, 15) is 9.59 Å². The topological polar surface area (TPSA) is 98.4 Å². The summed E-state index contributed by atoms with van der Waals surface area (Å²) in [4.78, 5) is 25.2. The molecule has 0 fully saturated rings. The molecule has 2 heterocycles. The van der Waals surface area contributed by atoms with Gasteiger partial charge in [-0.1, -0.05) is 50.2 Å². The molecule has 4 rings (SSSR count). The fraction of sp³-hybridized carbons (Fsp3) is 0.240. The van der Waals surface area contributed by atoms with Gasteiger partial charge >= 0.3 is 0 Å². The molecule has 0 radical (unpaired) electrons. The summed E-state index contributed by atoms with van der Waals surface area (Å²) in [6.07, 6.45) is 1.44. The zero-order valence-corrected chi connectivity index (χ0v) is 18.8. The molecule has 0 unspecified atom stereocenters. The minimum Gasteiger partial charge on any atom is -0.485 e. The summed E-state index contributed by atoms with van der Waals surface area (Å²) in [7, 11) is 1.65. The lowest BCUT2D eigenvalue weighted by Crippen LogP contribution is -2.30. The number of ether oxygens (including phenoxy) is 1. The van der Waals surface area contributed by atoms with Crippen molar-refractivity contribution in [2.75, 3.05) is 11.9 Å². The Morgan fingerprint density at radius 3 is 2.67 bits per heavy atom. The number of furan rings is 1. The number of carbonyl (C=O) groups excluding carboxylic acids is 2. The third-order valence-corrected chi connectivity index (χ3v) is 5.08. The number of carbonyl (C=O) groups is 2. The van der Waals surface area contributed by atoms with Gasteiger partial charge in [0.05, 0.1) is 11.9 Å². The zero-order valence-electron chi connectivity index (χ0n) is 18.8. The van der Waals surface area contributed by atoms with Crippen LogP contribution in [0.5, 0.6) is 5.75 Å². The highest BCUT2D eigenvalue weighted by atomic mass is 16.5. The SMILES string of the molecule is CC(C)CNC(=O)c1c(NC(=O)c2ccc(COc3cccc4ccccc34)o2)cnn1C. The van der Waals surface area contributed by atoms with Crippen molar-refractivity contribution in [1.29, 1.82) is 0 Å². The van der Waals surface area contributed by atoms with Crippen LogP contribution in [-0.2, 0) is 13.7 Å². The van der Waals surface area contributed by atoms with Crippen molar-refractivity contribution in [3.8, 4) is 5.75 Å². The van der Waals surface area contributed by atoms with Crippen molar-refractivity contribution in [2.24, 2.45) is 13.0 Å². The molecule has 2 N–H and O–H groups in total. The minimum absolute atomic E-state index is 0.115. The van der Waals surface area contributed by atoms with Gasteiger partial charge in [-0.25, -0.2) is 0 Å². The number of hydrogen-bond acceptors (Lipinski definition) is 5. The molecule has 8 heteroatoms. The number of hydrogen-bond donors (Lipinski definition) is 2. The lowest BCUT2D eigenvalue weighted by Gasteiger charge is -2.10. The van der Waals surface area contributed by atoms with Crippen LogP contribution in [0.2, 0.25) is 0 Å². The number of aryl methyl sites for hydroxylation is 1. The van der Waals surface area contributed by atoms with Crippen molar-refractivity contribution in [2.45, 2.75) is 20.5 Å². The van der Waals surface area contributed by atoms with E-state index in [0.717, 1.165) is 16.5 Å². The number of nitrogens with one attached hydrogen (secondary N) is 2. The second kappa shape index (κ2) is 9.60. The Hall–Kier alpha value is -4.07. The molecule has 33 heavy (non-hydrogen) atoms. The Morgan fingerprint density at radius 2 is 1.85 bits per heavy atom. The second-order valence-electron chi connectivity index (χ2n) is 8.12. The normalized spacial score (nSPS) is 11.0. The molecule has 0 aliphatic rings. The smallest absolute Gasteiger partial charge is 0.291 e. The van der Waals surface area contributed by atoms with Gasteiger partial charge in [0.15, 0.2) is 5.76 Å². The molecule has 2 amide bonds. The first-order chi connectivity index (χ1) is 15.9. The Morgan fingerprint density at radius 1 is 1.06 bits per heavy atom. The predicted molar refractivity (Wildman–Crippen MR) is 125 cm³/mol. The van der Waals surface area contributed by atoms with Gasteiger partial charge in [-0.15, -0.1) is 0 Å². The molecule has 170 valence electrons. The number of benzene rings is 2. The minimum atomic E-state index is -0.475. The summed E-state index contributed by atoms with van der Waals surface area (Å²) in [6, 6.07) is 17.1. The molecule has 0 spiro atoms. The third-order valence-electron chi connectivity index (χ3n) is 5.08. The summed E-state index contributed by atoms with van der Waals surface area (Å²) < 4.78 is 13.0. The van der Waals surface area contributed by atoms with Crippen molar-refractivity contribution >= 4 is 28.3 Å². The van der Waals surface area contributed by atoms with E-state index in [0.29, 0.717) is 23.9 Å². The highest BCUT2D eigenvalue weighted by Crippen LogP contribution is 2.26. The van der Waals surface area contributed by atoms with E-state index in [-0.39, 0.29) is 24.0 Å². The highest BCUT2D eigenvalue weighted by molar-refractivity contribution is 6.07. The standard InChI is InChI=1S/C25H26N4O4/c1-16(2)13-26-25(31)23-20(14-27-29(23)3)28-24(30)22-12-11-18(33-22)15-32-21-10-6-8-17-7-4-5-9-19(17)21/h4-12,14,16H,13,15H2,1-3H3,(H,26,31)(H,28,30). The fourth-order valence-corrected chi connectivity index (χ4v) is 3.41. The molecule has 2 aromatic carbocycles. The number of anilines is 1. The fourth-order valence-electron chi connectivity index (χ4n) is 3.41. The van der Waals surface area contributed by atoms with Gasteiger partial charge in [-0.3, -0.25) is 14.3 Å². The lowest BCUT2D eigenvalue weighted by atomic mass is 10.1. The van der Waals surface area contributed by atoms with E-state index in [1.165, 1.54) is 10.9 Å². The zero-order chi connectivity index (χ0) is 23.4. The Kier molecular flexibility index (Phi) is 6.44. The first-order valence-corrected chi connectivity index (χ1v) is 10.7. The van der Waals surface area contributed by atoms with Crippen LogP contribution < -0.4 is 15.4 Å². The molecule has 0 saturated heterocycles. The largest absolute Gasteiger partial charge is 0.485 e. The van der Waals surface area contributed by atoms with Gasteiger partial charge in [0, 0.05) is 19.0 Å². The van der Waals surface area contributed by atoms with Crippen molar-refractivity contribution < 1.29 is 18.7 Å². The maximum atomic E-state index is 12.7. The number of aromatic nitrogens is 2. The average Bonchev–Trinajstić information content (AvgIpc) is 3.43. The number of rotatable bonds is 8. The van der Waals surface area contributed by atoms with E-state index in [4.69, 9.17) is 9.15 Å².